The highest BCUT2D eigenvalue weighted by Crippen LogP contribution is 2.20. The van der Waals surface area contributed by atoms with Gasteiger partial charge in [-0.25, -0.2) is 4.98 Å². The molecule has 1 fully saturated rings. The molecule has 2 rings (SSSR count). The Balaban J connectivity index is 1.95. The Kier molecular flexibility index (Phi) is 4.99. The molecule has 1 aliphatic rings. The molecule has 6 heteroatoms. The number of nitrogens with one attached hydrogen (secondary N) is 1. The summed E-state index contributed by atoms with van der Waals surface area (Å²) in [5.74, 6) is 0.475. The van der Waals surface area contributed by atoms with Crippen LogP contribution in [0.3, 0.4) is 0 Å². The summed E-state index contributed by atoms with van der Waals surface area (Å²) in [6.45, 7) is 9.22. The van der Waals surface area contributed by atoms with Gasteiger partial charge >= 0.3 is 0 Å². The van der Waals surface area contributed by atoms with Gasteiger partial charge in [-0.15, -0.1) is 0 Å². The van der Waals surface area contributed by atoms with Crippen LogP contribution >= 0.6 is 11.3 Å². The van der Waals surface area contributed by atoms with E-state index in [1.807, 2.05) is 6.92 Å². The number of nitrogens with zero attached hydrogens (tertiary/aromatic N) is 2. The van der Waals surface area contributed by atoms with E-state index in [1.54, 1.807) is 0 Å². The highest BCUT2D eigenvalue weighted by Gasteiger charge is 2.25. The minimum Gasteiger partial charge on any atom is -0.375 e. The maximum Gasteiger partial charge on any atom is 0.263 e. The molecule has 1 aliphatic heterocycles. The van der Waals surface area contributed by atoms with Crippen molar-refractivity contribution >= 4 is 22.4 Å². The van der Waals surface area contributed by atoms with Gasteiger partial charge in [0.2, 0.25) is 0 Å². The third kappa shape index (κ3) is 3.49. The van der Waals surface area contributed by atoms with Gasteiger partial charge in [-0.2, -0.15) is 0 Å². The van der Waals surface area contributed by atoms with E-state index in [0.717, 1.165) is 13.1 Å². The lowest BCUT2D eigenvalue weighted by atomic mass is 10.0. The van der Waals surface area contributed by atoms with E-state index < -0.39 is 0 Å². The summed E-state index contributed by atoms with van der Waals surface area (Å²) < 4.78 is 0. The van der Waals surface area contributed by atoms with Crippen molar-refractivity contribution in [2.45, 2.75) is 39.7 Å². The van der Waals surface area contributed by atoms with Crippen molar-refractivity contribution in [2.24, 2.45) is 5.92 Å². The predicted molar refractivity (Wildman–Crippen MR) is 83.0 cm³/mol. The fourth-order valence-corrected chi connectivity index (χ4v) is 3.52. The Labute approximate surface area is 124 Å². The van der Waals surface area contributed by atoms with Crippen molar-refractivity contribution in [2.75, 3.05) is 25.4 Å². The first-order valence-electron chi connectivity index (χ1n) is 7.24. The standard InChI is InChI=1S/C14H24N4OS/c1-9(2)11(18-6-4-5-7-18)8-16-13(19)12-10(3)17-14(15)20-12/h9,11H,4-8H2,1-3H3,(H2,15,17)(H,16,19). The largest absolute Gasteiger partial charge is 0.375 e. The molecular weight excluding hydrogens is 272 g/mol. The maximum absolute atomic E-state index is 12.2. The van der Waals surface area contributed by atoms with Gasteiger partial charge in [-0.1, -0.05) is 25.2 Å². The van der Waals surface area contributed by atoms with Gasteiger partial charge in [-0.05, 0) is 38.8 Å². The molecule has 2 heterocycles. The van der Waals surface area contributed by atoms with Crippen molar-refractivity contribution in [3.63, 3.8) is 0 Å². The number of aromatic nitrogens is 1. The van der Waals surface area contributed by atoms with E-state index >= 15 is 0 Å². The maximum atomic E-state index is 12.2. The molecule has 1 aromatic heterocycles. The van der Waals surface area contributed by atoms with Gasteiger partial charge in [0.05, 0.1) is 5.69 Å². The second-order valence-corrected chi connectivity index (χ2v) is 6.76. The highest BCUT2D eigenvalue weighted by atomic mass is 32.1. The van der Waals surface area contributed by atoms with Crippen molar-refractivity contribution < 1.29 is 4.79 Å². The molecule has 1 aromatic rings. The van der Waals surface area contributed by atoms with Crippen LogP contribution in [0.25, 0.3) is 0 Å². The van der Waals surface area contributed by atoms with Gasteiger partial charge in [0.25, 0.3) is 5.91 Å². The number of aryl methyl sites for hydroxylation is 1. The van der Waals surface area contributed by atoms with Crippen molar-refractivity contribution in [1.29, 1.82) is 0 Å². The third-order valence-electron chi connectivity index (χ3n) is 3.87. The van der Waals surface area contributed by atoms with E-state index in [0.29, 0.717) is 34.2 Å². The molecule has 0 radical (unpaired) electrons. The molecular formula is C14H24N4OS. The molecule has 0 spiro atoms. The summed E-state index contributed by atoms with van der Waals surface area (Å²) in [5, 5.41) is 3.50. The van der Waals surface area contributed by atoms with E-state index in [2.05, 4.69) is 29.0 Å². The molecule has 1 saturated heterocycles. The predicted octanol–water partition coefficient (Wildman–Crippen LogP) is 1.88. The molecule has 112 valence electrons. The number of carbonyl (C=O) groups excluding carboxylic acids is 1. The number of nitrogens with two attached hydrogens (primary N) is 1. The summed E-state index contributed by atoms with van der Waals surface area (Å²) in [7, 11) is 0. The first-order valence-corrected chi connectivity index (χ1v) is 8.06. The molecule has 1 amide bonds. The number of anilines is 1. The quantitative estimate of drug-likeness (QED) is 0.870. The molecule has 5 nitrogen and oxygen atoms in total. The van der Waals surface area contributed by atoms with Crippen LogP contribution in [-0.4, -0.2) is 41.5 Å². The molecule has 0 saturated carbocycles. The molecule has 1 unspecified atom stereocenters. The topological polar surface area (TPSA) is 71.2 Å². The van der Waals surface area contributed by atoms with Crippen LogP contribution in [0.1, 0.15) is 42.1 Å². The Morgan fingerprint density at radius 3 is 2.60 bits per heavy atom. The molecule has 0 aliphatic carbocycles. The van der Waals surface area contributed by atoms with Crippen LogP contribution in [0.15, 0.2) is 0 Å². The van der Waals surface area contributed by atoms with E-state index in [1.165, 1.54) is 24.2 Å². The van der Waals surface area contributed by atoms with Gasteiger partial charge in [0.15, 0.2) is 5.13 Å². The van der Waals surface area contributed by atoms with Crippen molar-refractivity contribution in [3.05, 3.63) is 10.6 Å². The number of amides is 1. The van der Waals surface area contributed by atoms with Gasteiger partial charge in [0.1, 0.15) is 4.88 Å². The van der Waals surface area contributed by atoms with E-state index in [4.69, 9.17) is 5.73 Å². The Morgan fingerprint density at radius 2 is 2.10 bits per heavy atom. The van der Waals surface area contributed by atoms with Gasteiger partial charge in [0, 0.05) is 12.6 Å². The van der Waals surface area contributed by atoms with Crippen LogP contribution < -0.4 is 11.1 Å². The molecule has 0 bridgehead atoms. The third-order valence-corrected chi connectivity index (χ3v) is 4.86. The number of rotatable bonds is 5. The smallest absolute Gasteiger partial charge is 0.263 e. The minimum atomic E-state index is -0.0541. The first kappa shape index (κ1) is 15.3. The second kappa shape index (κ2) is 6.54. The minimum absolute atomic E-state index is 0.0541. The fraction of sp³-hybridized carbons (Fsp3) is 0.714. The lowest BCUT2D eigenvalue weighted by molar-refractivity contribution is 0.0930. The normalized spacial score (nSPS) is 17.6. The van der Waals surface area contributed by atoms with Crippen LogP contribution in [-0.2, 0) is 0 Å². The summed E-state index contributed by atoms with van der Waals surface area (Å²) >= 11 is 1.26. The molecule has 0 aromatic carbocycles. The number of hydrogen-bond acceptors (Lipinski definition) is 5. The Hall–Kier alpha value is -1.14. The van der Waals surface area contributed by atoms with Crippen LogP contribution in [0, 0.1) is 12.8 Å². The fourth-order valence-electron chi connectivity index (χ4n) is 2.77. The van der Waals surface area contributed by atoms with Crippen LogP contribution in [0.4, 0.5) is 5.13 Å². The van der Waals surface area contributed by atoms with E-state index in [9.17, 15) is 4.79 Å². The number of carbonyl (C=O) groups is 1. The lowest BCUT2D eigenvalue weighted by Gasteiger charge is -2.30. The summed E-state index contributed by atoms with van der Waals surface area (Å²) in [6, 6.07) is 0.409. The molecule has 20 heavy (non-hydrogen) atoms. The van der Waals surface area contributed by atoms with Gasteiger partial charge < -0.3 is 11.1 Å². The van der Waals surface area contributed by atoms with Crippen LogP contribution in [0.2, 0.25) is 0 Å². The lowest BCUT2D eigenvalue weighted by Crippen LogP contribution is -2.45. The average Bonchev–Trinajstić information content (AvgIpc) is 2.99. The molecule has 3 N–H and O–H groups in total. The summed E-state index contributed by atoms with van der Waals surface area (Å²) in [5.41, 5.74) is 6.36. The monoisotopic (exact) mass is 296 g/mol. The van der Waals surface area contributed by atoms with Crippen molar-refractivity contribution in [3.8, 4) is 0 Å². The van der Waals surface area contributed by atoms with Gasteiger partial charge in [-0.3, -0.25) is 9.69 Å². The number of likely N-dealkylation sites (tertiary alicyclic amines) is 1. The summed E-state index contributed by atoms with van der Waals surface area (Å²) in [6.07, 6.45) is 2.53. The number of hydrogen-bond donors (Lipinski definition) is 2. The summed E-state index contributed by atoms with van der Waals surface area (Å²) in [4.78, 5) is 19.4. The number of thiazole rings is 1. The Bertz CT molecular complexity index is 466. The van der Waals surface area contributed by atoms with Crippen molar-refractivity contribution in [1.82, 2.24) is 15.2 Å². The second-order valence-electron chi connectivity index (χ2n) is 5.73. The zero-order valence-electron chi connectivity index (χ0n) is 12.5. The highest BCUT2D eigenvalue weighted by molar-refractivity contribution is 7.17. The molecule has 1 atom stereocenters. The average molecular weight is 296 g/mol. The zero-order valence-corrected chi connectivity index (χ0v) is 13.3. The Morgan fingerprint density at radius 1 is 1.45 bits per heavy atom. The number of nitrogen functional groups attached to an aromatic ring is 1. The van der Waals surface area contributed by atoms with Crippen LogP contribution in [0.5, 0.6) is 0 Å². The first-order chi connectivity index (χ1) is 9.49. The zero-order chi connectivity index (χ0) is 14.7. The SMILES string of the molecule is Cc1nc(N)sc1C(=O)NCC(C(C)C)N1CCCC1. The van der Waals surface area contributed by atoms with E-state index in [-0.39, 0.29) is 5.91 Å².